The molecule has 0 heterocycles. The van der Waals surface area contributed by atoms with Crippen molar-refractivity contribution in [3.05, 3.63) is 28.8 Å². The first-order valence-corrected chi connectivity index (χ1v) is 6.18. The zero-order chi connectivity index (χ0) is 12.5. The lowest BCUT2D eigenvalue weighted by Gasteiger charge is -2.13. The Morgan fingerprint density at radius 2 is 1.88 bits per heavy atom. The van der Waals surface area contributed by atoms with Crippen molar-refractivity contribution in [3.8, 4) is 5.75 Å². The van der Waals surface area contributed by atoms with Gasteiger partial charge in [0.2, 0.25) is 0 Å². The molecule has 0 aromatic heterocycles. The lowest BCUT2D eigenvalue weighted by atomic mass is 10.1. The molecule has 1 aliphatic carbocycles. The van der Waals surface area contributed by atoms with Crippen LogP contribution in [0.5, 0.6) is 5.75 Å². The number of rotatable bonds is 5. The predicted molar refractivity (Wildman–Crippen MR) is 70.3 cm³/mol. The molecule has 3 heteroatoms. The van der Waals surface area contributed by atoms with E-state index in [9.17, 15) is 0 Å². The van der Waals surface area contributed by atoms with Crippen LogP contribution >= 0.6 is 0 Å². The van der Waals surface area contributed by atoms with Crippen LogP contribution in [-0.2, 0) is 6.54 Å². The molecule has 3 nitrogen and oxygen atoms in total. The Morgan fingerprint density at radius 1 is 1.29 bits per heavy atom. The highest BCUT2D eigenvalue weighted by Gasteiger charge is 2.37. The topological polar surface area (TPSA) is 47.3 Å². The molecule has 0 atom stereocenters. The number of ether oxygens (including phenoxy) is 1. The monoisotopic (exact) mass is 234 g/mol. The van der Waals surface area contributed by atoms with E-state index < -0.39 is 0 Å². The predicted octanol–water partition coefficient (Wildman–Crippen LogP) is 1.89. The molecule has 94 valence electrons. The lowest BCUT2D eigenvalue weighted by molar-refractivity contribution is 0.408. The number of nitrogens with one attached hydrogen (secondary N) is 1. The highest BCUT2D eigenvalue weighted by molar-refractivity contribution is 5.43. The van der Waals surface area contributed by atoms with Crippen LogP contribution in [0.25, 0.3) is 0 Å². The van der Waals surface area contributed by atoms with Crippen molar-refractivity contribution in [2.75, 3.05) is 13.7 Å². The Hall–Kier alpha value is -1.06. The van der Waals surface area contributed by atoms with Crippen molar-refractivity contribution in [1.29, 1.82) is 0 Å². The van der Waals surface area contributed by atoms with Crippen LogP contribution in [-0.4, -0.2) is 19.2 Å². The van der Waals surface area contributed by atoms with Gasteiger partial charge in [-0.15, -0.1) is 0 Å². The van der Waals surface area contributed by atoms with Crippen LogP contribution in [0, 0.1) is 13.8 Å². The quantitative estimate of drug-likeness (QED) is 0.818. The van der Waals surface area contributed by atoms with Gasteiger partial charge in [-0.2, -0.15) is 0 Å². The van der Waals surface area contributed by atoms with Crippen molar-refractivity contribution in [1.82, 2.24) is 5.32 Å². The average molecular weight is 234 g/mol. The summed E-state index contributed by atoms with van der Waals surface area (Å²) in [5.74, 6) is 0.992. The summed E-state index contributed by atoms with van der Waals surface area (Å²) in [6.07, 6.45) is 2.31. The first-order valence-electron chi connectivity index (χ1n) is 6.18. The van der Waals surface area contributed by atoms with E-state index in [1.807, 2.05) is 0 Å². The van der Waals surface area contributed by atoms with Crippen LogP contribution in [0.15, 0.2) is 12.1 Å². The molecule has 2 rings (SSSR count). The van der Waals surface area contributed by atoms with E-state index in [1.165, 1.54) is 16.7 Å². The molecular formula is C14H22N2O. The first kappa shape index (κ1) is 12.4. The molecule has 1 aliphatic rings. The van der Waals surface area contributed by atoms with E-state index in [0.29, 0.717) is 0 Å². The number of methoxy groups -OCH3 is 1. The Bertz CT molecular complexity index is 388. The molecule has 1 saturated carbocycles. The van der Waals surface area contributed by atoms with Gasteiger partial charge in [-0.25, -0.2) is 0 Å². The van der Waals surface area contributed by atoms with Gasteiger partial charge in [0, 0.05) is 18.6 Å². The van der Waals surface area contributed by atoms with Crippen LogP contribution in [0.3, 0.4) is 0 Å². The summed E-state index contributed by atoms with van der Waals surface area (Å²) in [7, 11) is 1.72. The van der Waals surface area contributed by atoms with Gasteiger partial charge >= 0.3 is 0 Å². The standard InChI is InChI=1S/C14H22N2O/c1-10-6-12(7-11(2)13(10)17-3)8-16-9-14(15)4-5-14/h6-7,16H,4-5,8-9,15H2,1-3H3. The first-order chi connectivity index (χ1) is 8.04. The molecule has 0 aliphatic heterocycles. The molecule has 0 amide bonds. The molecule has 0 unspecified atom stereocenters. The molecule has 1 aromatic carbocycles. The smallest absolute Gasteiger partial charge is 0.124 e. The zero-order valence-corrected chi connectivity index (χ0v) is 11.0. The maximum atomic E-state index is 6.03. The summed E-state index contributed by atoms with van der Waals surface area (Å²) in [5, 5.41) is 3.43. The van der Waals surface area contributed by atoms with Crippen LogP contribution in [0.2, 0.25) is 0 Å². The third kappa shape index (κ3) is 2.99. The van der Waals surface area contributed by atoms with Crippen molar-refractivity contribution in [3.63, 3.8) is 0 Å². The fourth-order valence-electron chi connectivity index (χ4n) is 2.26. The van der Waals surface area contributed by atoms with E-state index in [1.54, 1.807) is 7.11 Å². The number of benzene rings is 1. The number of hydrogen-bond acceptors (Lipinski definition) is 3. The summed E-state index contributed by atoms with van der Waals surface area (Å²) >= 11 is 0. The minimum Gasteiger partial charge on any atom is -0.496 e. The van der Waals surface area contributed by atoms with Gasteiger partial charge in [0.05, 0.1) is 7.11 Å². The second-order valence-corrected chi connectivity index (χ2v) is 5.23. The second kappa shape index (κ2) is 4.67. The highest BCUT2D eigenvalue weighted by Crippen LogP contribution is 2.31. The van der Waals surface area contributed by atoms with E-state index in [2.05, 4.69) is 31.3 Å². The molecular weight excluding hydrogens is 212 g/mol. The lowest BCUT2D eigenvalue weighted by Crippen LogP contribution is -2.35. The number of hydrogen-bond donors (Lipinski definition) is 2. The molecule has 0 radical (unpaired) electrons. The normalized spacial score (nSPS) is 16.9. The van der Waals surface area contributed by atoms with E-state index in [-0.39, 0.29) is 5.54 Å². The Morgan fingerprint density at radius 3 is 2.35 bits per heavy atom. The van der Waals surface area contributed by atoms with Gasteiger partial charge < -0.3 is 15.8 Å². The Kier molecular flexibility index (Phi) is 3.40. The van der Waals surface area contributed by atoms with Crippen LogP contribution in [0.4, 0.5) is 0 Å². The SMILES string of the molecule is COc1c(C)cc(CNCC2(N)CC2)cc1C. The summed E-state index contributed by atoms with van der Waals surface area (Å²) in [4.78, 5) is 0. The third-order valence-electron chi connectivity index (χ3n) is 3.42. The van der Waals surface area contributed by atoms with Crippen LogP contribution < -0.4 is 15.8 Å². The van der Waals surface area contributed by atoms with E-state index in [4.69, 9.17) is 10.5 Å². The van der Waals surface area contributed by atoms with Crippen molar-refractivity contribution in [2.24, 2.45) is 5.73 Å². The maximum absolute atomic E-state index is 6.03. The van der Waals surface area contributed by atoms with Gasteiger partial charge in [0.25, 0.3) is 0 Å². The summed E-state index contributed by atoms with van der Waals surface area (Å²) in [5.41, 5.74) is 9.80. The van der Waals surface area contributed by atoms with Gasteiger partial charge in [-0.3, -0.25) is 0 Å². The van der Waals surface area contributed by atoms with Crippen molar-refractivity contribution >= 4 is 0 Å². The Balaban J connectivity index is 1.96. The number of aryl methyl sites for hydroxylation is 2. The molecule has 3 N–H and O–H groups in total. The maximum Gasteiger partial charge on any atom is 0.124 e. The van der Waals surface area contributed by atoms with Gasteiger partial charge in [-0.1, -0.05) is 12.1 Å². The van der Waals surface area contributed by atoms with Crippen molar-refractivity contribution < 1.29 is 4.74 Å². The molecule has 1 fully saturated rings. The van der Waals surface area contributed by atoms with Gasteiger partial charge in [0.15, 0.2) is 0 Å². The fourth-order valence-corrected chi connectivity index (χ4v) is 2.26. The van der Waals surface area contributed by atoms with Crippen LogP contribution in [0.1, 0.15) is 29.5 Å². The summed E-state index contributed by atoms with van der Waals surface area (Å²) in [6.45, 7) is 5.96. The van der Waals surface area contributed by atoms with Gasteiger partial charge in [-0.05, 0) is 43.4 Å². The Labute approximate surface area is 103 Å². The zero-order valence-electron chi connectivity index (χ0n) is 11.0. The van der Waals surface area contributed by atoms with Gasteiger partial charge in [0.1, 0.15) is 5.75 Å². The van der Waals surface area contributed by atoms with Crippen molar-refractivity contribution in [2.45, 2.75) is 38.8 Å². The third-order valence-corrected chi connectivity index (χ3v) is 3.42. The van der Waals surface area contributed by atoms with E-state index in [0.717, 1.165) is 31.7 Å². The summed E-state index contributed by atoms with van der Waals surface area (Å²) in [6, 6.07) is 4.35. The molecule has 0 spiro atoms. The number of nitrogens with two attached hydrogens (primary N) is 1. The fraction of sp³-hybridized carbons (Fsp3) is 0.571. The largest absolute Gasteiger partial charge is 0.496 e. The molecule has 1 aromatic rings. The molecule has 17 heavy (non-hydrogen) atoms. The molecule has 0 saturated heterocycles. The minimum atomic E-state index is 0.0799. The summed E-state index contributed by atoms with van der Waals surface area (Å²) < 4.78 is 5.36. The second-order valence-electron chi connectivity index (χ2n) is 5.23. The average Bonchev–Trinajstić information content (AvgIpc) is 2.96. The minimum absolute atomic E-state index is 0.0799. The molecule has 0 bridgehead atoms. The van der Waals surface area contributed by atoms with E-state index >= 15 is 0 Å². The highest BCUT2D eigenvalue weighted by atomic mass is 16.5.